The number of aryl methyl sites for hydroxylation is 2. The van der Waals surface area contributed by atoms with Crippen molar-refractivity contribution >= 4 is 39.0 Å². The molecule has 2 aliphatic carbocycles. The lowest BCUT2D eigenvalue weighted by Gasteiger charge is -2.38. The number of pyridine rings is 1. The largest absolute Gasteiger partial charge is 0.490 e. The average molecular weight is 540 g/mol. The lowest BCUT2D eigenvalue weighted by atomic mass is 9.91. The Morgan fingerprint density at radius 1 is 1.29 bits per heavy atom. The normalized spacial score (nSPS) is 24.8. The molecule has 2 atom stereocenters. The van der Waals surface area contributed by atoms with E-state index in [9.17, 15) is 9.90 Å². The number of nitrogens with zero attached hydrogens (tertiary/aromatic N) is 3. The minimum atomic E-state index is -1.15. The van der Waals surface area contributed by atoms with Gasteiger partial charge in [-0.3, -0.25) is 9.69 Å². The number of hydrogen-bond donors (Lipinski definition) is 3. The average Bonchev–Trinajstić information content (AvgIpc) is 3.60. The molecule has 0 spiro atoms. The monoisotopic (exact) mass is 539 g/mol. The fourth-order valence-electron chi connectivity index (χ4n) is 6.35. The van der Waals surface area contributed by atoms with E-state index in [2.05, 4.69) is 10.2 Å². The summed E-state index contributed by atoms with van der Waals surface area (Å²) >= 11 is 1.70. The number of amides is 1. The molecule has 6 rings (SSSR count). The first-order valence-electron chi connectivity index (χ1n) is 13.8. The summed E-state index contributed by atoms with van der Waals surface area (Å²) in [5.74, 6) is 1.00. The number of hydrogen-bond acceptors (Lipinski definition) is 8. The highest BCUT2D eigenvalue weighted by atomic mass is 32.1. The summed E-state index contributed by atoms with van der Waals surface area (Å²) in [6.07, 6.45) is 9.46. The van der Waals surface area contributed by atoms with Crippen molar-refractivity contribution in [2.75, 3.05) is 31.6 Å². The van der Waals surface area contributed by atoms with Crippen molar-refractivity contribution in [2.24, 2.45) is 12.8 Å². The number of anilines is 2. The maximum atomic E-state index is 11.6. The Labute approximate surface area is 226 Å². The Morgan fingerprint density at radius 3 is 2.79 bits per heavy atom. The molecule has 3 aromatic rings. The molecular formula is C28H37N5O4S. The predicted octanol–water partition coefficient (Wildman–Crippen LogP) is 3.67. The molecule has 1 saturated carbocycles. The lowest BCUT2D eigenvalue weighted by molar-refractivity contribution is -0.126. The second-order valence-corrected chi connectivity index (χ2v) is 12.0. The summed E-state index contributed by atoms with van der Waals surface area (Å²) in [5, 5.41) is 14.7. The number of nitrogens with one attached hydrogen (secondary N) is 1. The molecule has 3 aliphatic rings. The van der Waals surface area contributed by atoms with E-state index in [0.29, 0.717) is 12.5 Å². The Kier molecular flexibility index (Phi) is 7.31. The highest BCUT2D eigenvalue weighted by Gasteiger charge is 2.34. The number of nitrogens with two attached hydrogens (primary N) is 1. The molecular weight excluding hydrogens is 502 g/mol. The van der Waals surface area contributed by atoms with Crippen LogP contribution in [0.4, 0.5) is 11.5 Å². The summed E-state index contributed by atoms with van der Waals surface area (Å²) in [6, 6.07) is 4.65. The van der Waals surface area contributed by atoms with Gasteiger partial charge in [0.2, 0.25) is 5.91 Å². The van der Waals surface area contributed by atoms with E-state index in [1.54, 1.807) is 11.3 Å². The van der Waals surface area contributed by atoms with Crippen LogP contribution in [0.15, 0.2) is 24.5 Å². The van der Waals surface area contributed by atoms with Crippen LogP contribution in [0.2, 0.25) is 0 Å². The van der Waals surface area contributed by atoms with Crippen molar-refractivity contribution in [1.82, 2.24) is 14.5 Å². The zero-order valence-corrected chi connectivity index (χ0v) is 22.7. The number of rotatable bonds is 8. The molecule has 0 unspecified atom stereocenters. The van der Waals surface area contributed by atoms with E-state index in [1.165, 1.54) is 10.4 Å². The van der Waals surface area contributed by atoms with Crippen LogP contribution < -0.4 is 15.8 Å². The van der Waals surface area contributed by atoms with Crippen molar-refractivity contribution in [3.8, 4) is 5.75 Å². The molecule has 0 bridgehead atoms. The van der Waals surface area contributed by atoms with Gasteiger partial charge < -0.3 is 30.2 Å². The van der Waals surface area contributed by atoms with Gasteiger partial charge in [0.15, 0.2) is 0 Å². The first kappa shape index (κ1) is 25.6. The molecule has 4 heterocycles. The number of fused-ring (bicyclic) bond motifs is 3. The number of carbonyl (C=O) groups excluding carboxylic acids is 1. The zero-order chi connectivity index (χ0) is 26.2. The second-order valence-electron chi connectivity index (χ2n) is 10.9. The summed E-state index contributed by atoms with van der Waals surface area (Å²) < 4.78 is 14.3. The smallest absolute Gasteiger partial charge is 0.246 e. The number of primary amides is 1. The molecule has 1 saturated heterocycles. The fraction of sp³-hybridized carbons (Fsp3) is 0.571. The van der Waals surface area contributed by atoms with Crippen molar-refractivity contribution in [3.63, 3.8) is 0 Å². The first-order valence-corrected chi connectivity index (χ1v) is 14.6. The number of thiophene rings is 1. The van der Waals surface area contributed by atoms with Crippen LogP contribution in [-0.2, 0) is 23.0 Å². The van der Waals surface area contributed by atoms with Gasteiger partial charge in [-0.15, -0.1) is 11.3 Å². The van der Waals surface area contributed by atoms with Crippen LogP contribution in [0, 0.1) is 0 Å². The number of aromatic nitrogens is 2. The van der Waals surface area contributed by atoms with E-state index in [-0.39, 0.29) is 12.0 Å². The minimum Gasteiger partial charge on any atom is -0.490 e. The third-order valence-electron chi connectivity index (χ3n) is 8.31. The molecule has 9 nitrogen and oxygen atoms in total. The van der Waals surface area contributed by atoms with Crippen molar-refractivity contribution in [2.45, 2.75) is 69.1 Å². The van der Waals surface area contributed by atoms with Gasteiger partial charge >= 0.3 is 0 Å². The number of ether oxygens (including phenoxy) is 2. The summed E-state index contributed by atoms with van der Waals surface area (Å²) in [4.78, 5) is 21.4. The summed E-state index contributed by atoms with van der Waals surface area (Å²) in [7, 11) is 1.99. The van der Waals surface area contributed by atoms with Gasteiger partial charge in [0.1, 0.15) is 22.5 Å². The van der Waals surface area contributed by atoms with E-state index in [4.69, 9.17) is 20.2 Å². The highest BCUT2D eigenvalue weighted by Crippen LogP contribution is 2.49. The molecule has 4 N–H and O–H groups in total. The van der Waals surface area contributed by atoms with Gasteiger partial charge in [0.05, 0.1) is 30.4 Å². The highest BCUT2D eigenvalue weighted by molar-refractivity contribution is 7.19. The van der Waals surface area contributed by atoms with Crippen LogP contribution in [0.3, 0.4) is 0 Å². The second kappa shape index (κ2) is 10.8. The van der Waals surface area contributed by atoms with Gasteiger partial charge in [0.25, 0.3) is 0 Å². The zero-order valence-electron chi connectivity index (χ0n) is 21.9. The van der Waals surface area contributed by atoms with Crippen LogP contribution >= 0.6 is 11.3 Å². The molecule has 10 heteroatoms. The molecule has 38 heavy (non-hydrogen) atoms. The standard InChI is InChI=1S/C28H37N5O4S/c1-32-9-8-18(16-32)30-24-15-22(37-20-5-3-19(4-6-20)33-10-12-36-13-11-33)26-25-17(14-21(34)27(29)35)2-7-23(25)38-28(26)31-24/h8-9,15-17,19-21,34H,2-7,10-14H2,1H3,(H2,29,35)(H,30,31)/t17-,19?,20?,21+/m1/s1. The Morgan fingerprint density at radius 2 is 2.08 bits per heavy atom. The van der Waals surface area contributed by atoms with Crippen LogP contribution in [0.25, 0.3) is 10.2 Å². The molecule has 3 aromatic heterocycles. The molecule has 0 aromatic carbocycles. The maximum absolute atomic E-state index is 11.6. The predicted molar refractivity (Wildman–Crippen MR) is 148 cm³/mol. The summed E-state index contributed by atoms with van der Waals surface area (Å²) in [6.45, 7) is 3.71. The lowest BCUT2D eigenvalue weighted by Crippen LogP contribution is -2.46. The van der Waals surface area contributed by atoms with Gasteiger partial charge in [-0.25, -0.2) is 4.98 Å². The van der Waals surface area contributed by atoms with Crippen LogP contribution in [0.1, 0.15) is 54.9 Å². The molecule has 2 fully saturated rings. The quantitative estimate of drug-likeness (QED) is 0.400. The Bertz CT molecular complexity index is 1290. The van der Waals surface area contributed by atoms with E-state index < -0.39 is 12.0 Å². The molecule has 1 amide bonds. The fourth-order valence-corrected chi connectivity index (χ4v) is 7.64. The van der Waals surface area contributed by atoms with E-state index in [0.717, 1.165) is 92.3 Å². The van der Waals surface area contributed by atoms with Crippen LogP contribution in [0.5, 0.6) is 5.75 Å². The third-order valence-corrected chi connectivity index (χ3v) is 9.47. The Balaban J connectivity index is 1.28. The van der Waals surface area contributed by atoms with E-state index >= 15 is 0 Å². The van der Waals surface area contributed by atoms with Gasteiger partial charge in [-0.2, -0.15) is 0 Å². The van der Waals surface area contributed by atoms with Gasteiger partial charge in [-0.1, -0.05) is 0 Å². The maximum Gasteiger partial charge on any atom is 0.246 e. The number of aliphatic hydroxyl groups is 1. The van der Waals surface area contributed by atoms with Crippen LogP contribution in [-0.4, -0.2) is 70.0 Å². The number of aliphatic hydroxyl groups excluding tert-OH is 1. The van der Waals surface area contributed by atoms with Gasteiger partial charge in [0, 0.05) is 49.5 Å². The molecule has 1 aliphatic heterocycles. The third kappa shape index (κ3) is 5.27. The summed E-state index contributed by atoms with van der Waals surface area (Å²) in [5.41, 5.74) is 7.55. The Hall–Kier alpha value is -2.66. The number of morpholine rings is 1. The SMILES string of the molecule is Cn1ccc(Nc2cc(OC3CCC(N4CCOCC4)CC3)c3c4c(sc3n2)CC[C@@H]4C[C@H](O)C(N)=O)c1. The van der Waals surface area contributed by atoms with Crippen molar-refractivity contribution in [1.29, 1.82) is 0 Å². The topological polar surface area (TPSA) is 115 Å². The minimum absolute atomic E-state index is 0.0652. The molecule has 0 radical (unpaired) electrons. The van der Waals surface area contributed by atoms with Gasteiger partial charge in [-0.05, 0) is 62.5 Å². The van der Waals surface area contributed by atoms with Crippen molar-refractivity contribution < 1.29 is 19.4 Å². The first-order chi connectivity index (χ1) is 18.4. The van der Waals surface area contributed by atoms with Crippen molar-refractivity contribution in [3.05, 3.63) is 35.0 Å². The number of carbonyl (C=O) groups is 1. The molecule has 204 valence electrons. The van der Waals surface area contributed by atoms with E-state index in [1.807, 2.05) is 36.1 Å².